The summed E-state index contributed by atoms with van der Waals surface area (Å²) in [5.74, 6) is 1.31. The minimum atomic E-state index is -0.441. The Kier molecular flexibility index (Phi) is 13.0. The molecule has 1 heterocycles. The molecule has 4 rings (SSSR count). The van der Waals surface area contributed by atoms with Gasteiger partial charge >= 0.3 is 0 Å². The van der Waals surface area contributed by atoms with Gasteiger partial charge in [-0.05, 0) is 75.7 Å². The third kappa shape index (κ3) is 9.87. The van der Waals surface area contributed by atoms with E-state index in [2.05, 4.69) is 33.9 Å². The minimum Gasteiger partial charge on any atom is -0.494 e. The fourth-order valence-electron chi connectivity index (χ4n) is 5.59. The second-order valence-corrected chi connectivity index (χ2v) is 12.9. The molecule has 0 bridgehead atoms. The van der Waals surface area contributed by atoms with Crippen LogP contribution in [-0.4, -0.2) is 62.5 Å². The molecular formula is C39H53N9O2. The van der Waals surface area contributed by atoms with Crippen molar-refractivity contribution in [3.8, 4) is 5.75 Å². The number of nitrogens with two attached hydrogens (primary N) is 2. The number of amides is 1. The lowest BCUT2D eigenvalue weighted by Gasteiger charge is -2.22. The molecule has 2 fully saturated rings. The van der Waals surface area contributed by atoms with Crippen molar-refractivity contribution in [1.29, 1.82) is 5.41 Å². The summed E-state index contributed by atoms with van der Waals surface area (Å²) in [6, 6.07) is 3.95. The molecule has 0 radical (unpaired) electrons. The van der Waals surface area contributed by atoms with Crippen LogP contribution in [0.2, 0.25) is 0 Å². The Labute approximate surface area is 296 Å². The van der Waals surface area contributed by atoms with Crippen LogP contribution in [0.15, 0.2) is 98.7 Å². The molecule has 1 aromatic carbocycles. The zero-order chi connectivity index (χ0) is 36.4. The molecule has 266 valence electrons. The van der Waals surface area contributed by atoms with Crippen LogP contribution >= 0.6 is 0 Å². The lowest BCUT2D eigenvalue weighted by atomic mass is 9.96. The van der Waals surface area contributed by atoms with E-state index >= 15 is 0 Å². The Balaban J connectivity index is 1.72. The number of aryl methyl sites for hydroxylation is 1. The summed E-state index contributed by atoms with van der Waals surface area (Å²) in [6.45, 7) is 8.04. The predicted octanol–water partition coefficient (Wildman–Crippen LogP) is 5.81. The summed E-state index contributed by atoms with van der Waals surface area (Å²) in [5, 5.41) is 18.9. The van der Waals surface area contributed by atoms with Gasteiger partial charge in [0.25, 0.3) is 0 Å². The number of aliphatic imine (C=N–C) groups is 2. The van der Waals surface area contributed by atoms with E-state index in [1.165, 1.54) is 5.57 Å². The number of benzene rings is 1. The monoisotopic (exact) mass is 679 g/mol. The Morgan fingerprint density at radius 2 is 1.86 bits per heavy atom. The average Bonchev–Trinajstić information content (AvgIpc) is 4.05. The molecule has 0 atom stereocenters. The second kappa shape index (κ2) is 17.4. The van der Waals surface area contributed by atoms with Crippen LogP contribution in [0.5, 0.6) is 5.75 Å². The number of carbonyl (C=O) groups is 1. The molecule has 1 aromatic rings. The van der Waals surface area contributed by atoms with Crippen LogP contribution in [-0.2, 0) is 4.79 Å². The van der Waals surface area contributed by atoms with Gasteiger partial charge in [0.15, 0.2) is 0 Å². The van der Waals surface area contributed by atoms with Gasteiger partial charge in [0.2, 0.25) is 5.91 Å². The number of nitrogens with zero attached hydrogens (tertiary/aromatic N) is 3. The molecule has 50 heavy (non-hydrogen) atoms. The fourth-order valence-corrected chi connectivity index (χ4v) is 5.59. The van der Waals surface area contributed by atoms with Gasteiger partial charge in [-0.25, -0.2) is 4.99 Å². The molecule has 1 aliphatic heterocycles. The number of anilines is 1. The molecule has 1 amide bonds. The Morgan fingerprint density at radius 1 is 1.16 bits per heavy atom. The highest BCUT2D eigenvalue weighted by atomic mass is 16.5. The summed E-state index contributed by atoms with van der Waals surface area (Å²) in [7, 11) is 5.06. The van der Waals surface area contributed by atoms with Gasteiger partial charge in [-0.15, -0.1) is 0 Å². The number of ether oxygens (including phenoxy) is 1. The Bertz CT molecular complexity index is 1730. The quantitative estimate of drug-likeness (QED) is 0.0555. The summed E-state index contributed by atoms with van der Waals surface area (Å²) in [5.41, 5.74) is 21.1. The predicted molar refractivity (Wildman–Crippen MR) is 207 cm³/mol. The fraction of sp³-hybridized carbons (Fsp3) is 0.385. The number of amidine groups is 1. The van der Waals surface area contributed by atoms with E-state index in [0.29, 0.717) is 46.7 Å². The third-order valence-corrected chi connectivity index (χ3v) is 8.61. The van der Waals surface area contributed by atoms with Gasteiger partial charge < -0.3 is 37.1 Å². The van der Waals surface area contributed by atoms with Crippen LogP contribution in [0.4, 0.5) is 5.69 Å². The molecule has 2 saturated carbocycles. The zero-order valence-electron chi connectivity index (χ0n) is 30.5. The van der Waals surface area contributed by atoms with Crippen LogP contribution in [0, 0.1) is 18.3 Å². The molecule has 3 aliphatic rings. The average molecular weight is 680 g/mol. The normalized spacial score (nSPS) is 17.5. The largest absolute Gasteiger partial charge is 0.494 e. The Morgan fingerprint density at radius 3 is 2.44 bits per heavy atom. The Hall–Kier alpha value is -5.32. The topological polar surface area (TPSA) is 166 Å². The minimum absolute atomic E-state index is 0.124. The van der Waals surface area contributed by atoms with Gasteiger partial charge in [0, 0.05) is 79.4 Å². The van der Waals surface area contributed by atoms with Crippen molar-refractivity contribution in [3.63, 3.8) is 0 Å². The summed E-state index contributed by atoms with van der Waals surface area (Å²) in [4.78, 5) is 23.9. The number of carbonyl (C=O) groups excluding carboxylic acids is 1. The first kappa shape index (κ1) is 37.5. The van der Waals surface area contributed by atoms with Crippen molar-refractivity contribution in [2.24, 2.45) is 27.4 Å². The molecular weight excluding hydrogens is 626 g/mol. The maximum atomic E-state index is 13.3. The lowest BCUT2D eigenvalue weighted by molar-refractivity contribution is -0.125. The third-order valence-electron chi connectivity index (χ3n) is 8.61. The van der Waals surface area contributed by atoms with Crippen molar-refractivity contribution < 1.29 is 9.53 Å². The molecule has 2 aliphatic carbocycles. The zero-order valence-corrected chi connectivity index (χ0v) is 30.5. The molecule has 0 unspecified atom stereocenters. The van der Waals surface area contributed by atoms with Gasteiger partial charge in [0.05, 0.1) is 24.2 Å². The van der Waals surface area contributed by atoms with Crippen LogP contribution in [0.1, 0.15) is 64.0 Å². The standard InChI is InChI=1S/C39H53N9O2/c1-8-9-10-27(13-11-25(3)39(49)48(6)23-30(22-43-5)26(4)40)34-24(2)12-18-31(37(34)50-7)46-32(35(42)38-44-19-20-45-38)21-33(41)47-36(28-14-15-28)29-16-17-29/h9-13,18-22,28,38,42,44-46H,8,14-17,23,40H2,1-7H3,(H2,41,47)/b10-9+,25-11+,27-13+,30-26?,32-21+,42-35?,43-22?. The van der Waals surface area contributed by atoms with Gasteiger partial charge in [0.1, 0.15) is 17.8 Å². The number of hydrogen-bond acceptors (Lipinski definition) is 9. The van der Waals surface area contributed by atoms with Gasteiger partial charge in [-0.1, -0.05) is 37.3 Å². The highest BCUT2D eigenvalue weighted by Gasteiger charge is 2.32. The van der Waals surface area contributed by atoms with Gasteiger partial charge in [-0.2, -0.15) is 0 Å². The summed E-state index contributed by atoms with van der Waals surface area (Å²) >= 11 is 0. The van der Waals surface area contributed by atoms with E-state index < -0.39 is 6.17 Å². The molecule has 0 spiro atoms. The van der Waals surface area contributed by atoms with E-state index in [-0.39, 0.29) is 11.6 Å². The second-order valence-electron chi connectivity index (χ2n) is 12.9. The van der Waals surface area contributed by atoms with Crippen LogP contribution in [0.3, 0.4) is 0 Å². The van der Waals surface area contributed by atoms with E-state index in [0.717, 1.165) is 60.1 Å². The summed E-state index contributed by atoms with van der Waals surface area (Å²) < 4.78 is 6.08. The number of hydrogen-bond donors (Lipinski definition) is 6. The molecule has 8 N–H and O–H groups in total. The summed E-state index contributed by atoms with van der Waals surface area (Å²) in [6.07, 6.45) is 19.7. The molecule has 0 aromatic heterocycles. The van der Waals surface area contributed by atoms with E-state index in [1.807, 2.05) is 37.3 Å². The first-order valence-electron chi connectivity index (χ1n) is 17.2. The SMILES string of the molecule is CC/C=C/C(=C\C=C(/C)C(=O)N(C)CC(C=NC)=C(C)N)c1c(C)ccc(N/C(=C/C(N)=NC(=C2CC2)C2CC2)C(=N)C2NC=CN2)c1OC. The van der Waals surface area contributed by atoms with E-state index in [4.69, 9.17) is 26.6 Å². The first-order chi connectivity index (χ1) is 24.0. The number of allylic oxidation sites excluding steroid dienone is 8. The highest BCUT2D eigenvalue weighted by molar-refractivity contribution is 6.09. The number of nitrogens with one attached hydrogen (secondary N) is 4. The molecule has 11 heteroatoms. The number of methoxy groups -OCH3 is 1. The maximum Gasteiger partial charge on any atom is 0.249 e. The van der Waals surface area contributed by atoms with Crippen molar-refractivity contribution in [1.82, 2.24) is 15.5 Å². The van der Waals surface area contributed by atoms with Gasteiger partial charge in [-0.3, -0.25) is 15.2 Å². The lowest BCUT2D eigenvalue weighted by Crippen LogP contribution is -2.41. The maximum absolute atomic E-state index is 13.3. The van der Waals surface area contributed by atoms with E-state index in [9.17, 15) is 4.79 Å². The van der Waals surface area contributed by atoms with Crippen molar-refractivity contribution in [2.75, 3.05) is 33.1 Å². The number of likely N-dealkylation sites (N-methyl/N-ethyl adjacent to an activating group) is 1. The van der Waals surface area contributed by atoms with Crippen molar-refractivity contribution >= 4 is 34.9 Å². The van der Waals surface area contributed by atoms with E-state index in [1.54, 1.807) is 64.6 Å². The molecule has 0 saturated heterocycles. The van der Waals surface area contributed by atoms with Crippen molar-refractivity contribution in [2.45, 2.75) is 66.0 Å². The van der Waals surface area contributed by atoms with Crippen LogP contribution in [0.25, 0.3) is 5.57 Å². The van der Waals surface area contributed by atoms with Crippen molar-refractivity contribution in [3.05, 3.63) is 99.9 Å². The first-order valence-corrected chi connectivity index (χ1v) is 17.2. The van der Waals surface area contributed by atoms with Crippen LogP contribution < -0.4 is 32.2 Å². The molecule has 11 nitrogen and oxygen atoms in total. The number of rotatable bonds is 16. The smallest absolute Gasteiger partial charge is 0.249 e. The highest BCUT2D eigenvalue weighted by Crippen LogP contribution is 2.45.